The highest BCUT2D eigenvalue weighted by Gasteiger charge is 2.47. The van der Waals surface area contributed by atoms with Crippen molar-refractivity contribution in [3.63, 3.8) is 0 Å². The summed E-state index contributed by atoms with van der Waals surface area (Å²) in [6, 6.07) is 26.5. The number of anilines is 1. The van der Waals surface area contributed by atoms with E-state index in [-0.39, 0.29) is 12.5 Å². The maximum Gasteiger partial charge on any atom is 0.325 e. The van der Waals surface area contributed by atoms with E-state index in [0.29, 0.717) is 18.5 Å². The molecule has 6 nitrogen and oxygen atoms in total. The molecule has 1 saturated heterocycles. The Morgan fingerprint density at radius 3 is 2.30 bits per heavy atom. The van der Waals surface area contributed by atoms with E-state index in [4.69, 9.17) is 0 Å². The molecule has 7 heteroatoms. The predicted molar refractivity (Wildman–Crippen MR) is 129 cm³/mol. The summed E-state index contributed by atoms with van der Waals surface area (Å²) in [6.45, 7) is 1.37. The first-order valence-electron chi connectivity index (χ1n) is 10.7. The van der Waals surface area contributed by atoms with Gasteiger partial charge in [-0.3, -0.25) is 14.5 Å². The number of amides is 4. The fourth-order valence-corrected chi connectivity index (χ4v) is 4.63. The summed E-state index contributed by atoms with van der Waals surface area (Å²) in [5.41, 5.74) is 0.689. The first kappa shape index (κ1) is 22.6. The van der Waals surface area contributed by atoms with Gasteiger partial charge in [0.1, 0.15) is 12.1 Å². The van der Waals surface area contributed by atoms with Gasteiger partial charge in [-0.25, -0.2) is 4.79 Å². The minimum Gasteiger partial charge on any atom is -0.323 e. The van der Waals surface area contributed by atoms with Crippen LogP contribution in [0.3, 0.4) is 0 Å². The maximum atomic E-state index is 13.0. The average molecular weight is 460 g/mol. The quantitative estimate of drug-likeness (QED) is 0.478. The van der Waals surface area contributed by atoms with Crippen molar-refractivity contribution in [3.05, 3.63) is 90.5 Å². The van der Waals surface area contributed by atoms with Crippen molar-refractivity contribution >= 4 is 35.3 Å². The Morgan fingerprint density at radius 1 is 0.939 bits per heavy atom. The van der Waals surface area contributed by atoms with Crippen LogP contribution in [0.4, 0.5) is 10.5 Å². The van der Waals surface area contributed by atoms with E-state index >= 15 is 0 Å². The standard InChI is InChI=1S/C26H25N3O3S/c1-26(17-16-19-10-4-2-5-11-19)24(31)29(25(32)28-26)18-23(30)27-21-14-8-9-15-22(21)33-20-12-6-3-7-13-20/h2-15H,16-18H2,1H3,(H,27,30)(H,28,32)/t26-/m1/s1. The number of aryl methyl sites for hydroxylation is 1. The van der Waals surface area contributed by atoms with Gasteiger partial charge >= 0.3 is 6.03 Å². The van der Waals surface area contributed by atoms with E-state index in [1.54, 1.807) is 13.0 Å². The summed E-state index contributed by atoms with van der Waals surface area (Å²) in [5, 5.41) is 5.62. The molecule has 4 amide bonds. The van der Waals surface area contributed by atoms with Crippen molar-refractivity contribution in [1.82, 2.24) is 10.2 Å². The zero-order chi connectivity index (χ0) is 23.3. The zero-order valence-electron chi connectivity index (χ0n) is 18.3. The molecule has 4 rings (SSSR count). The van der Waals surface area contributed by atoms with Crippen LogP contribution < -0.4 is 10.6 Å². The fourth-order valence-electron chi connectivity index (χ4n) is 3.71. The largest absolute Gasteiger partial charge is 0.325 e. The van der Waals surface area contributed by atoms with E-state index in [2.05, 4.69) is 10.6 Å². The van der Waals surface area contributed by atoms with Crippen molar-refractivity contribution in [2.24, 2.45) is 0 Å². The van der Waals surface area contributed by atoms with Crippen molar-refractivity contribution in [1.29, 1.82) is 0 Å². The average Bonchev–Trinajstić information content (AvgIpc) is 3.03. The molecule has 3 aromatic rings. The van der Waals surface area contributed by atoms with Crippen molar-refractivity contribution in [2.45, 2.75) is 35.1 Å². The maximum absolute atomic E-state index is 13.0. The smallest absolute Gasteiger partial charge is 0.323 e. The number of carbonyl (C=O) groups excluding carboxylic acids is 3. The lowest BCUT2D eigenvalue weighted by Gasteiger charge is -2.21. The third-order valence-corrected chi connectivity index (χ3v) is 6.62. The fraction of sp³-hybridized carbons (Fsp3) is 0.192. The van der Waals surface area contributed by atoms with E-state index in [9.17, 15) is 14.4 Å². The Balaban J connectivity index is 1.40. The van der Waals surface area contributed by atoms with Crippen molar-refractivity contribution < 1.29 is 14.4 Å². The third kappa shape index (κ3) is 5.43. The molecule has 1 heterocycles. The molecule has 0 aliphatic carbocycles. The summed E-state index contributed by atoms with van der Waals surface area (Å²) in [5.74, 6) is -0.808. The summed E-state index contributed by atoms with van der Waals surface area (Å²) in [7, 11) is 0. The number of hydrogen-bond donors (Lipinski definition) is 2. The molecule has 0 saturated carbocycles. The first-order valence-corrected chi connectivity index (χ1v) is 11.6. The second kappa shape index (κ2) is 9.92. The number of hydrogen-bond acceptors (Lipinski definition) is 4. The van der Waals surface area contributed by atoms with E-state index in [0.717, 1.165) is 20.3 Å². The number of imide groups is 1. The van der Waals surface area contributed by atoms with Crippen LogP contribution in [0.2, 0.25) is 0 Å². The predicted octanol–water partition coefficient (Wildman–Crippen LogP) is 4.72. The summed E-state index contributed by atoms with van der Waals surface area (Å²) < 4.78 is 0. The normalized spacial score (nSPS) is 17.7. The molecular formula is C26H25N3O3S. The van der Waals surface area contributed by atoms with Gasteiger partial charge in [0.25, 0.3) is 5.91 Å². The number of nitrogens with one attached hydrogen (secondary N) is 2. The van der Waals surface area contributed by atoms with Crippen LogP contribution in [0.25, 0.3) is 0 Å². The second-order valence-electron chi connectivity index (χ2n) is 8.10. The molecule has 1 aliphatic heterocycles. The van der Waals surface area contributed by atoms with Crippen LogP contribution in [-0.2, 0) is 16.0 Å². The Kier molecular flexibility index (Phi) is 6.79. The van der Waals surface area contributed by atoms with E-state index in [1.807, 2.05) is 78.9 Å². The minimum absolute atomic E-state index is 0.337. The Bertz CT molecular complexity index is 1150. The van der Waals surface area contributed by atoms with Crippen LogP contribution in [0.15, 0.2) is 94.7 Å². The Hall–Kier alpha value is -3.58. The molecule has 0 spiro atoms. The monoisotopic (exact) mass is 459 g/mol. The molecule has 0 radical (unpaired) electrons. The molecule has 0 aromatic heterocycles. The molecule has 2 N–H and O–H groups in total. The second-order valence-corrected chi connectivity index (χ2v) is 9.21. The number of urea groups is 1. The lowest BCUT2D eigenvalue weighted by Crippen LogP contribution is -2.45. The van der Waals surface area contributed by atoms with Gasteiger partial charge in [-0.2, -0.15) is 0 Å². The van der Waals surface area contributed by atoms with Crippen LogP contribution in [-0.4, -0.2) is 34.8 Å². The molecule has 1 atom stereocenters. The lowest BCUT2D eigenvalue weighted by molar-refractivity contribution is -0.133. The van der Waals surface area contributed by atoms with Crippen LogP contribution in [0.5, 0.6) is 0 Å². The highest BCUT2D eigenvalue weighted by atomic mass is 32.2. The number of benzene rings is 3. The first-order chi connectivity index (χ1) is 15.9. The van der Waals surface area contributed by atoms with Crippen LogP contribution in [0.1, 0.15) is 18.9 Å². The van der Waals surface area contributed by atoms with Crippen molar-refractivity contribution in [2.75, 3.05) is 11.9 Å². The molecule has 3 aromatic carbocycles. The van der Waals surface area contributed by atoms with Crippen molar-refractivity contribution in [3.8, 4) is 0 Å². The Morgan fingerprint density at radius 2 is 1.58 bits per heavy atom. The lowest BCUT2D eigenvalue weighted by atomic mass is 9.93. The van der Waals surface area contributed by atoms with Gasteiger partial charge in [-0.15, -0.1) is 0 Å². The molecule has 0 unspecified atom stereocenters. The van der Waals surface area contributed by atoms with E-state index in [1.165, 1.54) is 11.8 Å². The number of rotatable bonds is 8. The number of carbonyl (C=O) groups is 3. The number of para-hydroxylation sites is 1. The molecule has 1 fully saturated rings. The zero-order valence-corrected chi connectivity index (χ0v) is 19.1. The van der Waals surface area contributed by atoms with Gasteiger partial charge in [-0.1, -0.05) is 72.4 Å². The van der Waals surface area contributed by atoms with Crippen LogP contribution in [0, 0.1) is 0 Å². The molecule has 0 bridgehead atoms. The van der Waals surface area contributed by atoms with Gasteiger partial charge in [0.05, 0.1) is 5.69 Å². The molecule has 168 valence electrons. The highest BCUT2D eigenvalue weighted by Crippen LogP contribution is 2.33. The summed E-state index contributed by atoms with van der Waals surface area (Å²) >= 11 is 1.53. The molecular weight excluding hydrogens is 434 g/mol. The van der Waals surface area contributed by atoms with Gasteiger partial charge in [0.2, 0.25) is 5.91 Å². The molecule has 33 heavy (non-hydrogen) atoms. The number of nitrogens with zero attached hydrogens (tertiary/aromatic N) is 1. The van der Waals surface area contributed by atoms with Gasteiger partial charge < -0.3 is 10.6 Å². The highest BCUT2D eigenvalue weighted by molar-refractivity contribution is 7.99. The summed E-state index contributed by atoms with van der Waals surface area (Å²) in [6.07, 6.45) is 1.10. The van der Waals surface area contributed by atoms with Gasteiger partial charge in [0.15, 0.2) is 0 Å². The Labute approximate surface area is 197 Å². The van der Waals surface area contributed by atoms with Crippen LogP contribution >= 0.6 is 11.8 Å². The SMILES string of the molecule is C[C@]1(CCc2ccccc2)NC(=O)N(CC(=O)Nc2ccccc2Sc2ccccc2)C1=O. The van der Waals surface area contributed by atoms with Gasteiger partial charge in [0, 0.05) is 9.79 Å². The molecule has 1 aliphatic rings. The third-order valence-electron chi connectivity index (χ3n) is 5.54. The van der Waals surface area contributed by atoms with Gasteiger partial charge in [-0.05, 0) is 49.6 Å². The van der Waals surface area contributed by atoms with E-state index < -0.39 is 17.5 Å². The minimum atomic E-state index is -1.03. The topological polar surface area (TPSA) is 78.5 Å². The summed E-state index contributed by atoms with van der Waals surface area (Å²) in [4.78, 5) is 41.2.